The summed E-state index contributed by atoms with van der Waals surface area (Å²) in [7, 11) is 0. The van der Waals surface area contributed by atoms with Gasteiger partial charge in [-0.2, -0.15) is 0 Å². The summed E-state index contributed by atoms with van der Waals surface area (Å²) in [6, 6.07) is 0. The van der Waals surface area contributed by atoms with Crippen LogP contribution in [0.25, 0.3) is 0 Å². The Bertz CT molecular complexity index is 688. The van der Waals surface area contributed by atoms with Crippen molar-refractivity contribution >= 4 is 5.97 Å². The fraction of sp³-hybridized carbons (Fsp3) is 0.889. The zero-order valence-electron chi connectivity index (χ0n) is 33.2. The van der Waals surface area contributed by atoms with Gasteiger partial charge in [-0.05, 0) is 44.9 Å². The third-order valence-corrected chi connectivity index (χ3v) is 9.78. The highest BCUT2D eigenvalue weighted by Gasteiger charge is 2.13. The number of hydrogen-bond donors (Lipinski definition) is 1. The number of unbranched alkanes of at least 4 members (excludes halogenated alkanes) is 29. The minimum Gasteiger partial charge on any atom is -0.457 e. The summed E-state index contributed by atoms with van der Waals surface area (Å²) in [4.78, 5) is 12.2. The highest BCUT2D eigenvalue weighted by Crippen LogP contribution is 2.15. The predicted molar refractivity (Wildman–Crippen MR) is 214 cm³/mol. The fourth-order valence-electron chi connectivity index (χ4n) is 6.48. The topological polar surface area (TPSA) is 55.8 Å². The molecular formula is C45H86O4. The number of aliphatic hydroxyl groups is 1. The molecule has 1 unspecified atom stereocenters. The number of ether oxygens (including phenoxy) is 2. The summed E-state index contributed by atoms with van der Waals surface area (Å²) in [6.45, 7) is 5.37. The number of carbonyl (C=O) groups excluding carboxylic acids is 1. The molecule has 0 saturated heterocycles. The molecule has 1 atom stereocenters. The van der Waals surface area contributed by atoms with Crippen molar-refractivity contribution in [3.63, 3.8) is 0 Å². The van der Waals surface area contributed by atoms with Crippen molar-refractivity contribution in [2.45, 2.75) is 238 Å². The van der Waals surface area contributed by atoms with Crippen molar-refractivity contribution < 1.29 is 19.4 Å². The van der Waals surface area contributed by atoms with Crippen LogP contribution in [0.2, 0.25) is 0 Å². The smallest absolute Gasteiger partial charge is 0.306 e. The van der Waals surface area contributed by atoms with Gasteiger partial charge in [0, 0.05) is 13.0 Å². The molecule has 0 aromatic heterocycles. The molecule has 0 heterocycles. The third-order valence-electron chi connectivity index (χ3n) is 9.78. The molecular weight excluding hydrogens is 604 g/mol. The Hall–Kier alpha value is -1.13. The largest absolute Gasteiger partial charge is 0.457 e. The first-order valence-electron chi connectivity index (χ1n) is 21.9. The normalized spacial score (nSPS) is 12.5. The van der Waals surface area contributed by atoms with Crippen LogP contribution < -0.4 is 0 Å². The first-order valence-corrected chi connectivity index (χ1v) is 21.9. The van der Waals surface area contributed by atoms with Gasteiger partial charge in [0.05, 0.1) is 13.2 Å². The minimum absolute atomic E-state index is 0.168. The molecule has 0 bridgehead atoms. The zero-order valence-corrected chi connectivity index (χ0v) is 33.2. The molecule has 4 nitrogen and oxygen atoms in total. The van der Waals surface area contributed by atoms with E-state index in [0.717, 1.165) is 25.7 Å². The predicted octanol–water partition coefficient (Wildman–Crippen LogP) is 14.3. The summed E-state index contributed by atoms with van der Waals surface area (Å²) < 4.78 is 11.2. The second-order valence-corrected chi connectivity index (χ2v) is 14.8. The first kappa shape index (κ1) is 47.9. The van der Waals surface area contributed by atoms with Gasteiger partial charge in [-0.15, -0.1) is 0 Å². The van der Waals surface area contributed by atoms with Crippen molar-refractivity contribution in [2.75, 3.05) is 19.8 Å². The van der Waals surface area contributed by atoms with Crippen molar-refractivity contribution in [3.8, 4) is 0 Å². The average molecular weight is 691 g/mol. The van der Waals surface area contributed by atoms with Gasteiger partial charge in [0.1, 0.15) is 6.10 Å². The molecule has 0 rings (SSSR count). The van der Waals surface area contributed by atoms with E-state index in [4.69, 9.17) is 9.47 Å². The molecule has 0 aromatic carbocycles. The molecule has 290 valence electrons. The Labute approximate surface area is 307 Å². The molecule has 0 saturated carbocycles. The average Bonchev–Trinajstić information content (AvgIpc) is 3.11. The van der Waals surface area contributed by atoms with Gasteiger partial charge >= 0.3 is 5.97 Å². The maximum absolute atomic E-state index is 12.2. The Balaban J connectivity index is 3.39. The van der Waals surface area contributed by atoms with E-state index >= 15 is 0 Å². The number of aliphatic hydroxyl groups excluding tert-OH is 1. The van der Waals surface area contributed by atoms with Gasteiger partial charge in [-0.1, -0.05) is 205 Å². The number of rotatable bonds is 41. The highest BCUT2D eigenvalue weighted by molar-refractivity contribution is 5.69. The van der Waals surface area contributed by atoms with Crippen LogP contribution in [0.3, 0.4) is 0 Å². The van der Waals surface area contributed by atoms with Crippen LogP contribution in [-0.4, -0.2) is 37.0 Å². The third kappa shape index (κ3) is 41.2. The van der Waals surface area contributed by atoms with E-state index in [1.165, 1.54) is 186 Å². The quantitative estimate of drug-likeness (QED) is 0.0394. The second kappa shape index (κ2) is 43.0. The molecule has 0 amide bonds. The molecule has 0 aliphatic carbocycles. The lowest BCUT2D eigenvalue weighted by Gasteiger charge is -2.16. The molecule has 1 N–H and O–H groups in total. The van der Waals surface area contributed by atoms with Crippen LogP contribution in [0.15, 0.2) is 24.3 Å². The molecule has 0 radical (unpaired) electrons. The minimum atomic E-state index is -0.530. The summed E-state index contributed by atoms with van der Waals surface area (Å²) in [6.07, 6.45) is 52.4. The van der Waals surface area contributed by atoms with E-state index in [0.29, 0.717) is 19.6 Å². The molecule has 0 fully saturated rings. The van der Waals surface area contributed by atoms with Gasteiger partial charge in [-0.3, -0.25) is 4.79 Å². The maximum Gasteiger partial charge on any atom is 0.306 e. The molecule has 0 spiro atoms. The number of esters is 1. The van der Waals surface area contributed by atoms with E-state index in [9.17, 15) is 9.90 Å². The Kier molecular flexibility index (Phi) is 42.0. The monoisotopic (exact) mass is 691 g/mol. The van der Waals surface area contributed by atoms with Crippen LogP contribution in [0.5, 0.6) is 0 Å². The van der Waals surface area contributed by atoms with Crippen LogP contribution in [-0.2, 0) is 14.3 Å². The first-order chi connectivity index (χ1) is 24.2. The molecule has 0 aliphatic heterocycles. The zero-order chi connectivity index (χ0) is 35.6. The Morgan fingerprint density at radius 2 is 0.857 bits per heavy atom. The molecule has 4 heteroatoms. The number of carbonyl (C=O) groups is 1. The molecule has 49 heavy (non-hydrogen) atoms. The van der Waals surface area contributed by atoms with Crippen LogP contribution in [0.1, 0.15) is 232 Å². The Morgan fingerprint density at radius 3 is 1.27 bits per heavy atom. The summed E-state index contributed by atoms with van der Waals surface area (Å²) in [5, 5.41) is 9.60. The van der Waals surface area contributed by atoms with Crippen molar-refractivity contribution in [3.05, 3.63) is 24.3 Å². The van der Waals surface area contributed by atoms with Crippen molar-refractivity contribution in [1.82, 2.24) is 0 Å². The molecule has 0 aliphatic rings. The fourth-order valence-corrected chi connectivity index (χ4v) is 6.48. The van der Waals surface area contributed by atoms with Crippen molar-refractivity contribution in [2.24, 2.45) is 0 Å². The van der Waals surface area contributed by atoms with Gasteiger partial charge < -0.3 is 14.6 Å². The summed E-state index contributed by atoms with van der Waals surface area (Å²) in [5.74, 6) is -0.199. The van der Waals surface area contributed by atoms with E-state index < -0.39 is 6.10 Å². The number of allylic oxidation sites excluding steroid dienone is 4. The molecule has 0 aromatic rings. The van der Waals surface area contributed by atoms with Gasteiger partial charge in [0.15, 0.2) is 0 Å². The summed E-state index contributed by atoms with van der Waals surface area (Å²) >= 11 is 0. The number of hydrogen-bond acceptors (Lipinski definition) is 4. The van der Waals surface area contributed by atoms with Gasteiger partial charge in [-0.25, -0.2) is 0 Å². The van der Waals surface area contributed by atoms with Gasteiger partial charge in [0.25, 0.3) is 0 Å². The van der Waals surface area contributed by atoms with Crippen LogP contribution in [0, 0.1) is 0 Å². The standard InChI is InChI=1S/C45H86O4/c1-3-5-7-9-11-13-15-17-19-20-21-22-23-24-25-26-27-28-30-32-34-36-38-40-45(47)49-44(42-46)43-48-41-39-37-35-33-31-29-18-16-14-12-10-8-6-4-2/h15,17,20-21,44,46H,3-14,16,18-19,22-43H2,1-2H3/b17-15-,21-20-. The maximum atomic E-state index is 12.2. The SMILES string of the molecule is CCCCCCC/C=C\C/C=C\CCCCCCCCCCCCCC(=O)OC(CO)COCCCCCCCCCCCCCCCC. The van der Waals surface area contributed by atoms with E-state index in [1.54, 1.807) is 0 Å². The Morgan fingerprint density at radius 1 is 0.490 bits per heavy atom. The lowest BCUT2D eigenvalue weighted by atomic mass is 10.0. The van der Waals surface area contributed by atoms with E-state index in [-0.39, 0.29) is 12.6 Å². The van der Waals surface area contributed by atoms with E-state index in [2.05, 4.69) is 38.2 Å². The van der Waals surface area contributed by atoms with Crippen molar-refractivity contribution in [1.29, 1.82) is 0 Å². The second-order valence-electron chi connectivity index (χ2n) is 14.8. The lowest BCUT2D eigenvalue weighted by molar-refractivity contribution is -0.154. The van der Waals surface area contributed by atoms with Crippen LogP contribution >= 0.6 is 0 Å². The highest BCUT2D eigenvalue weighted by atomic mass is 16.6. The van der Waals surface area contributed by atoms with Gasteiger partial charge in [0.2, 0.25) is 0 Å². The lowest BCUT2D eigenvalue weighted by Crippen LogP contribution is -2.27. The summed E-state index contributed by atoms with van der Waals surface area (Å²) in [5.41, 5.74) is 0. The van der Waals surface area contributed by atoms with Crippen LogP contribution in [0.4, 0.5) is 0 Å². The van der Waals surface area contributed by atoms with E-state index in [1.807, 2.05) is 0 Å².